The molecule has 1 aliphatic rings. The van der Waals surface area contributed by atoms with Crippen molar-refractivity contribution in [3.63, 3.8) is 0 Å². The van der Waals surface area contributed by atoms with Crippen LogP contribution in [-0.4, -0.2) is 11.9 Å². The van der Waals surface area contributed by atoms with E-state index in [4.69, 9.17) is 0 Å². The van der Waals surface area contributed by atoms with Gasteiger partial charge >= 0.3 is 0 Å². The Balaban J connectivity index is 1.91. The molecule has 0 unspecified atom stereocenters. The summed E-state index contributed by atoms with van der Waals surface area (Å²) >= 11 is 1.34. The number of aliphatic carboxylic acids is 1. The van der Waals surface area contributed by atoms with Gasteiger partial charge in [0.05, 0.1) is 11.5 Å². The zero-order chi connectivity index (χ0) is 21.1. The number of carbonyl (C=O) groups is 2. The molecule has 0 bridgehead atoms. The average Bonchev–Trinajstić information content (AvgIpc) is 3.02. The molecule has 1 aromatic heterocycles. The highest BCUT2D eigenvalue weighted by molar-refractivity contribution is 7.17. The first kappa shape index (κ1) is 20.8. The number of anilines is 1. The molecule has 5 nitrogen and oxygen atoms in total. The second-order valence-electron chi connectivity index (χ2n) is 7.59. The van der Waals surface area contributed by atoms with Crippen LogP contribution in [0.2, 0.25) is 0 Å². The highest BCUT2D eigenvalue weighted by atomic mass is 32.1. The van der Waals surface area contributed by atoms with Crippen LogP contribution in [0.3, 0.4) is 0 Å². The third-order valence-electron chi connectivity index (χ3n) is 5.37. The molecule has 1 aromatic carbocycles. The lowest BCUT2D eigenvalue weighted by molar-refractivity contribution is -0.313. The van der Waals surface area contributed by atoms with Crippen molar-refractivity contribution in [3.8, 4) is 17.2 Å². The summed E-state index contributed by atoms with van der Waals surface area (Å²) in [6.07, 6.45) is 4.21. The second-order valence-corrected chi connectivity index (χ2v) is 8.81. The van der Waals surface area contributed by atoms with Gasteiger partial charge in [-0.25, -0.2) is 0 Å². The molecule has 29 heavy (non-hydrogen) atoms. The first-order valence-electron chi connectivity index (χ1n) is 9.64. The number of nitriles is 1. The van der Waals surface area contributed by atoms with Gasteiger partial charge in [0.2, 0.25) is 5.91 Å². The molecule has 0 saturated carbocycles. The van der Waals surface area contributed by atoms with Crippen molar-refractivity contribution in [2.24, 2.45) is 11.8 Å². The molecule has 1 N–H and O–H groups in total. The van der Waals surface area contributed by atoms with Gasteiger partial charge in [-0.3, -0.25) is 4.79 Å². The molecule has 0 fully saturated rings. The Morgan fingerprint density at radius 1 is 1.17 bits per heavy atom. The molecule has 1 amide bonds. The van der Waals surface area contributed by atoms with Gasteiger partial charge in [-0.15, -0.1) is 11.3 Å². The molecule has 0 spiro atoms. The van der Waals surface area contributed by atoms with E-state index in [0.717, 1.165) is 16.0 Å². The Kier molecular flexibility index (Phi) is 6.19. The number of hydrogen-bond donors (Lipinski definition) is 1. The summed E-state index contributed by atoms with van der Waals surface area (Å²) < 4.78 is 0. The maximum absolute atomic E-state index is 12.8. The third kappa shape index (κ3) is 4.25. The first-order chi connectivity index (χ1) is 13.8. The molecular weight excluding hydrogens is 384 g/mol. The number of carboxylic acid groups (broad SMARTS) is 1. The fraction of sp³-hybridized carbons (Fsp3) is 0.348. The van der Waals surface area contributed by atoms with Crippen molar-refractivity contribution >= 4 is 28.2 Å². The van der Waals surface area contributed by atoms with Crippen molar-refractivity contribution in [2.45, 2.75) is 39.5 Å². The average molecular weight is 408 g/mol. The fourth-order valence-electron chi connectivity index (χ4n) is 3.69. The van der Waals surface area contributed by atoms with Crippen LogP contribution in [0.15, 0.2) is 36.4 Å². The topological polar surface area (TPSA) is 93.0 Å². The van der Waals surface area contributed by atoms with Gasteiger partial charge in [0, 0.05) is 22.3 Å². The number of amides is 1. The van der Waals surface area contributed by atoms with Gasteiger partial charge in [-0.05, 0) is 36.8 Å². The van der Waals surface area contributed by atoms with E-state index < -0.39 is 17.8 Å². The zero-order valence-corrected chi connectivity index (χ0v) is 17.5. The monoisotopic (exact) mass is 407 g/mol. The van der Waals surface area contributed by atoms with Crippen molar-refractivity contribution in [1.82, 2.24) is 0 Å². The SMILES string of the molecule is Cc1sc(NC(=O)[C@@H]2CC=CC[C@H]2C(=O)[O-])c(C#N)c1-c1ccc(C(C)C)cc1. The van der Waals surface area contributed by atoms with Crippen LogP contribution in [-0.2, 0) is 9.59 Å². The Morgan fingerprint density at radius 2 is 1.79 bits per heavy atom. The van der Waals surface area contributed by atoms with Crippen LogP contribution in [0.25, 0.3) is 11.1 Å². The summed E-state index contributed by atoms with van der Waals surface area (Å²) in [5.74, 6) is -2.74. The molecule has 6 heteroatoms. The minimum atomic E-state index is -1.22. The third-order valence-corrected chi connectivity index (χ3v) is 6.39. The summed E-state index contributed by atoms with van der Waals surface area (Å²) in [7, 11) is 0. The number of thiophene rings is 1. The fourth-order valence-corrected chi connectivity index (χ4v) is 4.72. The number of aryl methyl sites for hydroxylation is 1. The highest BCUT2D eigenvalue weighted by Crippen LogP contribution is 2.40. The molecule has 2 aromatic rings. The summed E-state index contributed by atoms with van der Waals surface area (Å²) in [6.45, 7) is 6.17. The Bertz CT molecular complexity index is 996. The van der Waals surface area contributed by atoms with Crippen LogP contribution < -0.4 is 10.4 Å². The number of benzene rings is 1. The minimum Gasteiger partial charge on any atom is -0.550 e. The van der Waals surface area contributed by atoms with Crippen LogP contribution in [0.5, 0.6) is 0 Å². The lowest BCUT2D eigenvalue weighted by Crippen LogP contribution is -2.41. The maximum atomic E-state index is 12.8. The highest BCUT2D eigenvalue weighted by Gasteiger charge is 2.31. The molecule has 0 radical (unpaired) electrons. The van der Waals surface area contributed by atoms with Crippen molar-refractivity contribution < 1.29 is 14.7 Å². The minimum absolute atomic E-state index is 0.280. The van der Waals surface area contributed by atoms with Crippen LogP contribution in [0, 0.1) is 30.1 Å². The predicted octanol–water partition coefficient (Wildman–Crippen LogP) is 3.99. The standard InChI is InChI=1S/C23H24N2O3S/c1-13(2)15-8-10-16(11-9-15)20-14(3)29-22(19(20)12-24)25-21(26)17-6-4-5-7-18(17)23(27)28/h4-5,8-11,13,17-18H,6-7H2,1-3H3,(H,25,26)(H,27,28)/p-1/t17-,18-/m1/s1. The molecule has 0 saturated heterocycles. The predicted molar refractivity (Wildman–Crippen MR) is 112 cm³/mol. The molecule has 0 aliphatic heterocycles. The Morgan fingerprint density at radius 3 is 2.34 bits per heavy atom. The summed E-state index contributed by atoms with van der Waals surface area (Å²) in [6, 6.07) is 10.3. The molecule has 3 rings (SSSR count). The quantitative estimate of drug-likeness (QED) is 0.759. The number of carboxylic acids is 1. The number of carbonyl (C=O) groups excluding carboxylic acids is 2. The van der Waals surface area contributed by atoms with Crippen molar-refractivity contribution in [1.29, 1.82) is 5.26 Å². The van der Waals surface area contributed by atoms with Gasteiger partial charge in [-0.1, -0.05) is 50.3 Å². The lowest BCUT2D eigenvalue weighted by atomic mass is 9.82. The van der Waals surface area contributed by atoms with Gasteiger partial charge in [0.25, 0.3) is 0 Å². The molecule has 2 atom stereocenters. The number of rotatable bonds is 5. The van der Waals surface area contributed by atoms with E-state index >= 15 is 0 Å². The molecule has 150 valence electrons. The van der Waals surface area contributed by atoms with E-state index in [0.29, 0.717) is 22.9 Å². The van der Waals surface area contributed by atoms with E-state index in [1.54, 1.807) is 6.08 Å². The zero-order valence-electron chi connectivity index (χ0n) is 16.7. The van der Waals surface area contributed by atoms with E-state index in [1.165, 1.54) is 16.9 Å². The molecule has 1 aliphatic carbocycles. The summed E-state index contributed by atoms with van der Waals surface area (Å²) in [5.41, 5.74) is 3.36. The van der Waals surface area contributed by atoms with Gasteiger partial charge in [-0.2, -0.15) is 5.26 Å². The van der Waals surface area contributed by atoms with E-state index in [1.807, 2.05) is 25.1 Å². The number of nitrogens with one attached hydrogen (secondary N) is 1. The first-order valence-corrected chi connectivity index (χ1v) is 10.5. The number of nitrogens with zero attached hydrogens (tertiary/aromatic N) is 1. The van der Waals surface area contributed by atoms with Gasteiger partial charge in [0.15, 0.2) is 0 Å². The Hall–Kier alpha value is -2.91. The van der Waals surface area contributed by atoms with E-state index in [9.17, 15) is 20.0 Å². The van der Waals surface area contributed by atoms with Crippen LogP contribution in [0.4, 0.5) is 5.00 Å². The van der Waals surface area contributed by atoms with Gasteiger partial charge in [0.1, 0.15) is 11.1 Å². The Labute approximate surface area is 174 Å². The second kappa shape index (κ2) is 8.62. The van der Waals surface area contributed by atoms with E-state index in [2.05, 4.69) is 37.4 Å². The van der Waals surface area contributed by atoms with E-state index in [-0.39, 0.29) is 12.3 Å². The van der Waals surface area contributed by atoms with Crippen molar-refractivity contribution in [2.75, 3.05) is 5.32 Å². The summed E-state index contributed by atoms with van der Waals surface area (Å²) in [4.78, 5) is 25.1. The van der Waals surface area contributed by atoms with Crippen LogP contribution in [0.1, 0.15) is 48.6 Å². The summed E-state index contributed by atoms with van der Waals surface area (Å²) in [5, 5.41) is 24.4. The largest absolute Gasteiger partial charge is 0.550 e. The molecule has 1 heterocycles. The lowest BCUT2D eigenvalue weighted by Gasteiger charge is -2.28. The van der Waals surface area contributed by atoms with Gasteiger partial charge < -0.3 is 15.2 Å². The van der Waals surface area contributed by atoms with Crippen molar-refractivity contribution in [3.05, 3.63) is 52.4 Å². The maximum Gasteiger partial charge on any atom is 0.229 e. The molecular formula is C23H23N2O3S-. The smallest absolute Gasteiger partial charge is 0.229 e. The normalized spacial score (nSPS) is 18.4. The van der Waals surface area contributed by atoms with Crippen LogP contribution >= 0.6 is 11.3 Å². The number of hydrogen-bond acceptors (Lipinski definition) is 5. The number of allylic oxidation sites excluding steroid dienone is 2.